The highest BCUT2D eigenvalue weighted by molar-refractivity contribution is 5.83. The van der Waals surface area contributed by atoms with Gasteiger partial charge in [-0.15, -0.1) is 0 Å². The molecule has 0 aromatic carbocycles. The molecule has 3 saturated carbocycles. The number of nitrogens with zero attached hydrogens (tertiary/aromatic N) is 1. The fourth-order valence-corrected chi connectivity index (χ4v) is 6.57. The number of carbonyl (C=O) groups is 2. The molecule has 0 aromatic heterocycles. The first-order valence-electron chi connectivity index (χ1n) is 10.5. The molecule has 2 N–H and O–H groups in total. The van der Waals surface area contributed by atoms with Crippen LogP contribution in [0.3, 0.4) is 0 Å². The molecular formula is C20H31N3O2. The van der Waals surface area contributed by atoms with E-state index in [0.717, 1.165) is 75.5 Å². The van der Waals surface area contributed by atoms with Crippen LogP contribution < -0.4 is 10.6 Å². The van der Waals surface area contributed by atoms with Crippen LogP contribution >= 0.6 is 0 Å². The molecule has 6 unspecified atom stereocenters. The van der Waals surface area contributed by atoms with Gasteiger partial charge in [0.15, 0.2) is 0 Å². The molecule has 2 aliphatic heterocycles. The highest BCUT2D eigenvalue weighted by atomic mass is 16.2. The van der Waals surface area contributed by atoms with E-state index in [1.807, 2.05) is 0 Å². The number of nitrogens with one attached hydrogen (secondary N) is 2. The highest BCUT2D eigenvalue weighted by Gasteiger charge is 2.68. The van der Waals surface area contributed by atoms with Crippen LogP contribution in [0.4, 0.5) is 0 Å². The van der Waals surface area contributed by atoms with Crippen molar-refractivity contribution in [3.63, 3.8) is 0 Å². The number of carbonyl (C=O) groups excluding carboxylic acids is 2. The van der Waals surface area contributed by atoms with Crippen LogP contribution in [0, 0.1) is 35.5 Å². The largest absolute Gasteiger partial charge is 0.354 e. The fraction of sp³-hybridized carbons (Fsp3) is 0.900. The van der Waals surface area contributed by atoms with E-state index >= 15 is 0 Å². The van der Waals surface area contributed by atoms with Crippen molar-refractivity contribution in [1.29, 1.82) is 0 Å². The lowest BCUT2D eigenvalue weighted by Crippen LogP contribution is -2.47. The van der Waals surface area contributed by atoms with Gasteiger partial charge in [0, 0.05) is 25.6 Å². The van der Waals surface area contributed by atoms with Crippen molar-refractivity contribution in [2.24, 2.45) is 35.5 Å². The van der Waals surface area contributed by atoms with E-state index in [1.54, 1.807) is 0 Å². The second-order valence-electron chi connectivity index (χ2n) is 9.20. The van der Waals surface area contributed by atoms with E-state index in [9.17, 15) is 9.59 Å². The van der Waals surface area contributed by atoms with Gasteiger partial charge in [-0.25, -0.2) is 0 Å². The Labute approximate surface area is 150 Å². The molecule has 0 radical (unpaired) electrons. The van der Waals surface area contributed by atoms with Crippen LogP contribution in [0.5, 0.6) is 0 Å². The van der Waals surface area contributed by atoms with Gasteiger partial charge in [0.25, 0.3) is 0 Å². The zero-order valence-corrected chi connectivity index (χ0v) is 15.1. The van der Waals surface area contributed by atoms with E-state index in [0.29, 0.717) is 17.7 Å². The first-order valence-corrected chi connectivity index (χ1v) is 10.5. The van der Waals surface area contributed by atoms with E-state index < -0.39 is 0 Å². The Bertz CT molecular complexity index is 543. The lowest BCUT2D eigenvalue weighted by Gasteiger charge is -2.33. The predicted octanol–water partition coefficient (Wildman–Crippen LogP) is 1.39. The second-order valence-corrected chi connectivity index (χ2v) is 9.20. The molecule has 3 aliphatic carbocycles. The average molecular weight is 345 g/mol. The Morgan fingerprint density at radius 3 is 2.56 bits per heavy atom. The number of hydrogen-bond donors (Lipinski definition) is 2. The van der Waals surface area contributed by atoms with Gasteiger partial charge < -0.3 is 15.5 Å². The third kappa shape index (κ3) is 2.79. The summed E-state index contributed by atoms with van der Waals surface area (Å²) in [5.74, 6) is 4.58. The van der Waals surface area contributed by atoms with Crippen molar-refractivity contribution in [3.8, 4) is 0 Å². The summed E-state index contributed by atoms with van der Waals surface area (Å²) in [6.45, 7) is 3.46. The van der Waals surface area contributed by atoms with Crippen molar-refractivity contribution >= 4 is 11.8 Å². The molecule has 5 rings (SSSR count). The SMILES string of the molecule is O=C(NCC1CCCN(C(=O)C2C3C4CCC(C4)C23)C1)C1CCCN1. The highest BCUT2D eigenvalue weighted by Crippen LogP contribution is 2.69. The van der Waals surface area contributed by atoms with Gasteiger partial charge in [-0.05, 0) is 81.1 Å². The molecule has 0 spiro atoms. The monoisotopic (exact) mass is 345 g/mol. The molecule has 0 aromatic rings. The lowest BCUT2D eigenvalue weighted by atomic mass is 9.96. The zero-order chi connectivity index (χ0) is 17.0. The first kappa shape index (κ1) is 16.1. The number of likely N-dealkylation sites (tertiary alicyclic amines) is 1. The summed E-state index contributed by atoms with van der Waals surface area (Å²) in [5, 5.41) is 6.38. The van der Waals surface area contributed by atoms with Crippen LogP contribution in [0.2, 0.25) is 0 Å². The van der Waals surface area contributed by atoms with Gasteiger partial charge in [0.1, 0.15) is 0 Å². The van der Waals surface area contributed by atoms with Crippen molar-refractivity contribution in [2.45, 2.75) is 51.0 Å². The van der Waals surface area contributed by atoms with Crippen molar-refractivity contribution < 1.29 is 9.59 Å². The number of fused-ring (bicyclic) bond motifs is 5. The number of rotatable bonds is 4. The molecule has 5 aliphatic rings. The van der Waals surface area contributed by atoms with Crippen LogP contribution in [0.25, 0.3) is 0 Å². The summed E-state index contributed by atoms with van der Waals surface area (Å²) in [5.41, 5.74) is 0. The van der Waals surface area contributed by atoms with E-state index in [2.05, 4.69) is 15.5 Å². The van der Waals surface area contributed by atoms with E-state index in [1.165, 1.54) is 19.3 Å². The number of piperidine rings is 1. The van der Waals surface area contributed by atoms with Crippen molar-refractivity contribution in [2.75, 3.05) is 26.2 Å². The smallest absolute Gasteiger partial charge is 0.237 e. The third-order valence-corrected chi connectivity index (χ3v) is 7.79. The zero-order valence-electron chi connectivity index (χ0n) is 15.1. The quantitative estimate of drug-likeness (QED) is 0.809. The Morgan fingerprint density at radius 2 is 1.84 bits per heavy atom. The molecular weight excluding hydrogens is 314 g/mol. The molecule has 25 heavy (non-hydrogen) atoms. The molecule has 5 nitrogen and oxygen atoms in total. The molecule has 2 bridgehead atoms. The predicted molar refractivity (Wildman–Crippen MR) is 94.6 cm³/mol. The van der Waals surface area contributed by atoms with Gasteiger partial charge in [0.05, 0.1) is 6.04 Å². The molecule has 2 heterocycles. The molecule has 138 valence electrons. The minimum atomic E-state index is 0.00244. The van der Waals surface area contributed by atoms with Gasteiger partial charge in [-0.3, -0.25) is 9.59 Å². The Balaban J connectivity index is 1.12. The summed E-state index contributed by atoms with van der Waals surface area (Å²) in [7, 11) is 0. The minimum Gasteiger partial charge on any atom is -0.354 e. The maximum atomic E-state index is 13.0. The molecule has 5 fully saturated rings. The number of amides is 2. The van der Waals surface area contributed by atoms with Gasteiger partial charge in [-0.1, -0.05) is 0 Å². The van der Waals surface area contributed by atoms with E-state index in [-0.39, 0.29) is 11.9 Å². The van der Waals surface area contributed by atoms with Crippen LogP contribution in [-0.2, 0) is 9.59 Å². The van der Waals surface area contributed by atoms with Crippen LogP contribution in [0.1, 0.15) is 44.9 Å². The molecule has 5 heteroatoms. The Hall–Kier alpha value is -1.10. The standard InChI is InChI=1S/C20H31N3O2/c24-19(15-4-1-7-21-15)22-10-12-3-2-8-23(11-12)20(25)18-16-13-5-6-14(9-13)17(16)18/h12-18,21H,1-11H2,(H,22,24). The maximum absolute atomic E-state index is 13.0. The summed E-state index contributed by atoms with van der Waals surface area (Å²) in [4.78, 5) is 27.3. The van der Waals surface area contributed by atoms with Crippen LogP contribution in [-0.4, -0.2) is 48.9 Å². The lowest BCUT2D eigenvalue weighted by molar-refractivity contribution is -0.135. The number of hydrogen-bond acceptors (Lipinski definition) is 3. The fourth-order valence-electron chi connectivity index (χ4n) is 6.57. The second kappa shape index (κ2) is 6.26. The summed E-state index contributed by atoms with van der Waals surface area (Å²) in [6, 6.07) is 0.00244. The van der Waals surface area contributed by atoms with Gasteiger partial charge in [-0.2, -0.15) is 0 Å². The summed E-state index contributed by atoms with van der Waals surface area (Å²) in [6.07, 6.45) is 8.42. The van der Waals surface area contributed by atoms with Crippen molar-refractivity contribution in [3.05, 3.63) is 0 Å². The molecule has 2 amide bonds. The minimum absolute atomic E-state index is 0.00244. The first-order chi connectivity index (χ1) is 12.2. The Kier molecular flexibility index (Phi) is 4.03. The summed E-state index contributed by atoms with van der Waals surface area (Å²) < 4.78 is 0. The van der Waals surface area contributed by atoms with Crippen molar-refractivity contribution in [1.82, 2.24) is 15.5 Å². The summed E-state index contributed by atoms with van der Waals surface area (Å²) >= 11 is 0. The maximum Gasteiger partial charge on any atom is 0.237 e. The third-order valence-electron chi connectivity index (χ3n) is 7.79. The Morgan fingerprint density at radius 1 is 1.04 bits per heavy atom. The average Bonchev–Trinajstić information content (AvgIpc) is 3.07. The normalized spacial score (nSPS) is 44.6. The molecule has 2 saturated heterocycles. The topological polar surface area (TPSA) is 61.4 Å². The van der Waals surface area contributed by atoms with Crippen LogP contribution in [0.15, 0.2) is 0 Å². The van der Waals surface area contributed by atoms with E-state index in [4.69, 9.17) is 0 Å². The van der Waals surface area contributed by atoms with Gasteiger partial charge >= 0.3 is 0 Å². The molecule has 6 atom stereocenters. The van der Waals surface area contributed by atoms with Gasteiger partial charge in [0.2, 0.25) is 11.8 Å².